The van der Waals surface area contributed by atoms with Gasteiger partial charge in [0.1, 0.15) is 0 Å². The molecular formula is C18H35NO2. The topological polar surface area (TPSA) is 30.5 Å². The molecule has 1 heterocycles. The maximum absolute atomic E-state index is 6.39. The molecule has 0 spiro atoms. The number of hydrogen-bond donors (Lipinski definition) is 1. The summed E-state index contributed by atoms with van der Waals surface area (Å²) in [7, 11) is 0. The van der Waals surface area contributed by atoms with E-state index < -0.39 is 0 Å². The van der Waals surface area contributed by atoms with Crippen LogP contribution < -0.4 is 5.32 Å². The van der Waals surface area contributed by atoms with Crippen LogP contribution >= 0.6 is 0 Å². The molecule has 2 aliphatic rings. The van der Waals surface area contributed by atoms with E-state index in [0.29, 0.717) is 6.04 Å². The molecule has 1 aliphatic carbocycles. The van der Waals surface area contributed by atoms with Gasteiger partial charge in [-0.1, -0.05) is 39.5 Å². The maximum Gasteiger partial charge on any atom is 0.0881 e. The summed E-state index contributed by atoms with van der Waals surface area (Å²) < 4.78 is 12.0. The zero-order valence-corrected chi connectivity index (χ0v) is 14.3. The Labute approximate surface area is 131 Å². The van der Waals surface area contributed by atoms with Crippen molar-refractivity contribution in [1.82, 2.24) is 5.32 Å². The molecule has 3 heteroatoms. The van der Waals surface area contributed by atoms with Crippen LogP contribution in [0.25, 0.3) is 0 Å². The number of rotatable bonds is 7. The van der Waals surface area contributed by atoms with Crippen molar-refractivity contribution < 1.29 is 9.47 Å². The molecule has 0 aromatic carbocycles. The largest absolute Gasteiger partial charge is 0.381 e. The molecule has 3 nitrogen and oxygen atoms in total. The molecule has 2 fully saturated rings. The highest BCUT2D eigenvalue weighted by molar-refractivity contribution is 5.00. The second-order valence-electron chi connectivity index (χ2n) is 6.76. The fraction of sp³-hybridized carbons (Fsp3) is 1.00. The first-order valence-electron chi connectivity index (χ1n) is 9.22. The molecule has 3 atom stereocenters. The standard InChI is InChI=1S/C18H35NO2/c1-4-15-9-7-8-10-16(15)17(19-5-2)18(21-6-3)11-13-20-14-12-18/h15-17,19H,4-14H2,1-3H3. The molecule has 21 heavy (non-hydrogen) atoms. The molecule has 0 bridgehead atoms. The van der Waals surface area contributed by atoms with Crippen molar-refractivity contribution in [2.24, 2.45) is 11.8 Å². The summed E-state index contributed by atoms with van der Waals surface area (Å²) in [6.45, 7) is 10.3. The fourth-order valence-electron chi connectivity index (χ4n) is 4.68. The summed E-state index contributed by atoms with van der Waals surface area (Å²) >= 11 is 0. The Kier molecular flexibility index (Phi) is 6.97. The van der Waals surface area contributed by atoms with Crippen LogP contribution in [0.4, 0.5) is 0 Å². The van der Waals surface area contributed by atoms with E-state index in [-0.39, 0.29) is 5.60 Å². The number of likely N-dealkylation sites (N-methyl/N-ethyl adjacent to an activating group) is 1. The summed E-state index contributed by atoms with van der Waals surface area (Å²) in [5.74, 6) is 1.64. The first-order valence-corrected chi connectivity index (χ1v) is 9.22. The normalized spacial score (nSPS) is 31.0. The molecule has 1 saturated carbocycles. The van der Waals surface area contributed by atoms with Gasteiger partial charge < -0.3 is 14.8 Å². The lowest BCUT2D eigenvalue weighted by Crippen LogP contribution is -2.60. The first-order chi connectivity index (χ1) is 10.3. The van der Waals surface area contributed by atoms with E-state index in [1.807, 2.05) is 0 Å². The summed E-state index contributed by atoms with van der Waals surface area (Å²) in [4.78, 5) is 0. The zero-order chi connectivity index (χ0) is 15.1. The van der Waals surface area contributed by atoms with Crippen molar-refractivity contribution in [3.8, 4) is 0 Å². The predicted molar refractivity (Wildman–Crippen MR) is 87.6 cm³/mol. The van der Waals surface area contributed by atoms with Gasteiger partial charge in [0, 0.05) is 38.7 Å². The quantitative estimate of drug-likeness (QED) is 0.776. The van der Waals surface area contributed by atoms with E-state index in [2.05, 4.69) is 26.1 Å². The fourth-order valence-corrected chi connectivity index (χ4v) is 4.68. The molecule has 124 valence electrons. The highest BCUT2D eigenvalue weighted by Gasteiger charge is 2.46. The van der Waals surface area contributed by atoms with Gasteiger partial charge in [-0.3, -0.25) is 0 Å². The van der Waals surface area contributed by atoms with Gasteiger partial charge in [-0.25, -0.2) is 0 Å². The van der Waals surface area contributed by atoms with Crippen molar-refractivity contribution in [3.05, 3.63) is 0 Å². The molecule has 0 radical (unpaired) electrons. The molecule has 0 aromatic rings. The predicted octanol–water partition coefficient (Wildman–Crippen LogP) is 3.77. The molecule has 0 amide bonds. The molecule has 1 aliphatic heterocycles. The summed E-state index contributed by atoms with van der Waals surface area (Å²) in [5.41, 5.74) is -0.00155. The van der Waals surface area contributed by atoms with Crippen LogP contribution in [0.1, 0.15) is 65.7 Å². The minimum atomic E-state index is -0.00155. The first kappa shape index (κ1) is 17.2. The highest BCUT2D eigenvalue weighted by Crippen LogP contribution is 2.41. The zero-order valence-electron chi connectivity index (χ0n) is 14.3. The van der Waals surface area contributed by atoms with Crippen molar-refractivity contribution in [3.63, 3.8) is 0 Å². The van der Waals surface area contributed by atoms with Crippen molar-refractivity contribution in [2.45, 2.75) is 77.4 Å². The number of hydrogen-bond acceptors (Lipinski definition) is 3. The third-order valence-corrected chi connectivity index (χ3v) is 5.68. The highest BCUT2D eigenvalue weighted by atomic mass is 16.5. The lowest BCUT2D eigenvalue weighted by Gasteiger charge is -2.49. The van der Waals surface area contributed by atoms with Crippen LogP contribution in [0.2, 0.25) is 0 Å². The van der Waals surface area contributed by atoms with Crippen LogP contribution in [0, 0.1) is 11.8 Å². The van der Waals surface area contributed by atoms with Crippen LogP contribution in [-0.2, 0) is 9.47 Å². The van der Waals surface area contributed by atoms with Crippen molar-refractivity contribution in [2.75, 3.05) is 26.4 Å². The number of nitrogens with one attached hydrogen (secondary N) is 1. The molecule has 1 N–H and O–H groups in total. The molecule has 0 aromatic heterocycles. The van der Waals surface area contributed by atoms with Crippen LogP contribution in [-0.4, -0.2) is 38.0 Å². The lowest BCUT2D eigenvalue weighted by molar-refractivity contribution is -0.142. The number of ether oxygens (including phenoxy) is 2. The SMILES string of the molecule is CCNC(C1CCCCC1CC)C1(OCC)CCOCC1. The van der Waals surface area contributed by atoms with E-state index in [1.54, 1.807) is 0 Å². The van der Waals surface area contributed by atoms with E-state index in [4.69, 9.17) is 9.47 Å². The van der Waals surface area contributed by atoms with E-state index in [9.17, 15) is 0 Å². The Morgan fingerprint density at radius 3 is 2.48 bits per heavy atom. The molecule has 1 saturated heterocycles. The Balaban J connectivity index is 2.20. The second-order valence-corrected chi connectivity index (χ2v) is 6.76. The van der Waals surface area contributed by atoms with Crippen molar-refractivity contribution >= 4 is 0 Å². The van der Waals surface area contributed by atoms with Gasteiger partial charge in [0.15, 0.2) is 0 Å². The van der Waals surface area contributed by atoms with Crippen molar-refractivity contribution in [1.29, 1.82) is 0 Å². The van der Waals surface area contributed by atoms with Gasteiger partial charge in [0.25, 0.3) is 0 Å². The molecule has 2 rings (SSSR count). The third-order valence-electron chi connectivity index (χ3n) is 5.68. The van der Waals surface area contributed by atoms with Gasteiger partial charge in [-0.05, 0) is 31.7 Å². The smallest absolute Gasteiger partial charge is 0.0881 e. The monoisotopic (exact) mass is 297 g/mol. The Bertz CT molecular complexity index is 283. The minimum Gasteiger partial charge on any atom is -0.381 e. The molecule has 3 unspecified atom stereocenters. The van der Waals surface area contributed by atoms with Gasteiger partial charge in [-0.2, -0.15) is 0 Å². The van der Waals surface area contributed by atoms with Gasteiger partial charge >= 0.3 is 0 Å². The average molecular weight is 297 g/mol. The van der Waals surface area contributed by atoms with Gasteiger partial charge in [0.05, 0.1) is 5.60 Å². The van der Waals surface area contributed by atoms with E-state index in [0.717, 1.165) is 51.0 Å². The summed E-state index contributed by atoms with van der Waals surface area (Å²) in [6, 6.07) is 0.497. The minimum absolute atomic E-state index is 0.00155. The Morgan fingerprint density at radius 1 is 1.14 bits per heavy atom. The van der Waals surface area contributed by atoms with Gasteiger partial charge in [-0.15, -0.1) is 0 Å². The lowest BCUT2D eigenvalue weighted by atomic mass is 9.67. The summed E-state index contributed by atoms with van der Waals surface area (Å²) in [6.07, 6.45) is 8.98. The molecular weight excluding hydrogens is 262 g/mol. The third kappa shape index (κ3) is 4.00. The van der Waals surface area contributed by atoms with Crippen LogP contribution in [0.15, 0.2) is 0 Å². The Morgan fingerprint density at radius 2 is 1.86 bits per heavy atom. The summed E-state index contributed by atoms with van der Waals surface area (Å²) in [5, 5.41) is 3.83. The van der Waals surface area contributed by atoms with E-state index in [1.165, 1.54) is 32.1 Å². The second kappa shape index (κ2) is 8.50. The van der Waals surface area contributed by atoms with E-state index >= 15 is 0 Å². The van der Waals surface area contributed by atoms with Crippen LogP contribution in [0.5, 0.6) is 0 Å². The maximum atomic E-state index is 6.39. The van der Waals surface area contributed by atoms with Crippen LogP contribution in [0.3, 0.4) is 0 Å². The Hall–Kier alpha value is -0.120. The average Bonchev–Trinajstić information content (AvgIpc) is 2.53. The van der Waals surface area contributed by atoms with Gasteiger partial charge in [0.2, 0.25) is 0 Å².